The zero-order valence-electron chi connectivity index (χ0n) is 13.2. The van der Waals surface area contributed by atoms with E-state index in [-0.39, 0.29) is 11.4 Å². The van der Waals surface area contributed by atoms with Gasteiger partial charge in [0.05, 0.1) is 10.4 Å². The first-order valence-electron chi connectivity index (χ1n) is 7.71. The lowest BCUT2D eigenvalue weighted by atomic mass is 10.1. The Hall–Kier alpha value is -2.05. The Morgan fingerprint density at radius 2 is 2.13 bits per heavy atom. The van der Waals surface area contributed by atoms with Crippen LogP contribution in [0.5, 0.6) is 0 Å². The van der Waals surface area contributed by atoms with Crippen molar-refractivity contribution < 1.29 is 4.79 Å². The van der Waals surface area contributed by atoms with Crippen LogP contribution in [-0.4, -0.2) is 29.5 Å². The zero-order chi connectivity index (χ0) is 16.4. The van der Waals surface area contributed by atoms with E-state index in [1.807, 2.05) is 30.5 Å². The van der Waals surface area contributed by atoms with Crippen molar-refractivity contribution in [3.05, 3.63) is 40.9 Å². The number of hydrogen-bond donors (Lipinski definition) is 2. The molecule has 1 unspecified atom stereocenters. The predicted octanol–water partition coefficient (Wildman–Crippen LogP) is 2.53. The second-order valence-corrected chi connectivity index (χ2v) is 6.48. The first-order valence-corrected chi connectivity index (χ1v) is 8.59. The lowest BCUT2D eigenvalue weighted by Gasteiger charge is -2.22. The van der Waals surface area contributed by atoms with E-state index in [9.17, 15) is 4.79 Å². The number of aromatic nitrogens is 1. The topological polar surface area (TPSA) is 71.2 Å². The van der Waals surface area contributed by atoms with Gasteiger partial charge in [-0.2, -0.15) is 0 Å². The fraction of sp³-hybridized carbons (Fsp3) is 0.294. The second kappa shape index (κ2) is 6.60. The number of benzene rings is 1. The van der Waals surface area contributed by atoms with Gasteiger partial charge in [0.15, 0.2) is 0 Å². The van der Waals surface area contributed by atoms with Crippen molar-refractivity contribution in [2.45, 2.75) is 19.3 Å². The maximum Gasteiger partial charge on any atom is 0.259 e. The van der Waals surface area contributed by atoms with E-state index in [1.165, 1.54) is 17.4 Å². The van der Waals surface area contributed by atoms with E-state index in [2.05, 4.69) is 35.1 Å². The van der Waals surface area contributed by atoms with Crippen LogP contribution >= 0.6 is 11.8 Å². The summed E-state index contributed by atoms with van der Waals surface area (Å²) in [4.78, 5) is 19.2. The van der Waals surface area contributed by atoms with Gasteiger partial charge in [0.2, 0.25) is 0 Å². The smallest absolute Gasteiger partial charge is 0.259 e. The third kappa shape index (κ3) is 3.18. The average Bonchev–Trinajstić information content (AvgIpc) is 2.86. The minimum atomic E-state index is -0.359. The number of carbonyl (C=O) groups excluding carboxylic acids is 1. The van der Waals surface area contributed by atoms with Gasteiger partial charge in [-0.15, -0.1) is 0 Å². The van der Waals surface area contributed by atoms with Crippen molar-refractivity contribution in [1.29, 1.82) is 0 Å². The number of thioether (sulfide) groups is 1. The van der Waals surface area contributed by atoms with Crippen LogP contribution < -0.4 is 16.0 Å². The molecule has 1 aromatic heterocycles. The van der Waals surface area contributed by atoms with Gasteiger partial charge in [0.1, 0.15) is 5.50 Å². The quantitative estimate of drug-likeness (QED) is 0.844. The molecule has 2 aromatic rings. The highest BCUT2D eigenvalue weighted by Gasteiger charge is 2.23. The van der Waals surface area contributed by atoms with Crippen molar-refractivity contribution in [3.63, 3.8) is 0 Å². The van der Waals surface area contributed by atoms with Crippen LogP contribution in [0.2, 0.25) is 0 Å². The molecule has 0 bridgehead atoms. The minimum absolute atomic E-state index is 0.113. The molecule has 6 heteroatoms. The molecule has 0 spiro atoms. The molecule has 23 heavy (non-hydrogen) atoms. The Bertz CT molecular complexity index is 770. The fourth-order valence-corrected chi connectivity index (χ4v) is 3.56. The molecule has 1 atom stereocenters. The average molecular weight is 328 g/mol. The van der Waals surface area contributed by atoms with Crippen molar-refractivity contribution in [3.8, 4) is 0 Å². The number of hydrogen-bond acceptors (Lipinski definition) is 5. The first-order chi connectivity index (χ1) is 11.1. The molecule has 5 nitrogen and oxygen atoms in total. The number of carbonyl (C=O) groups is 1. The standard InChI is InChI=1S/C17H20N4OS/c1-3-21(4-2)14-7-8-19-13-6-5-11(9-12(13)14)10-15-16(22)20-17(18)23-15/h5-10,17H,3-4,18H2,1-2H3,(H,20,22)/b15-10-. The molecule has 120 valence electrons. The molecule has 1 amide bonds. The number of nitrogens with one attached hydrogen (secondary N) is 1. The summed E-state index contributed by atoms with van der Waals surface area (Å²) in [6.07, 6.45) is 3.72. The molecule has 0 aliphatic carbocycles. The third-order valence-electron chi connectivity index (χ3n) is 3.90. The highest BCUT2D eigenvalue weighted by Crippen LogP contribution is 2.30. The Kier molecular flexibility index (Phi) is 4.54. The van der Waals surface area contributed by atoms with Gasteiger partial charge in [0, 0.05) is 30.4 Å². The number of amides is 1. The molecule has 1 aromatic carbocycles. The van der Waals surface area contributed by atoms with E-state index in [0.717, 1.165) is 29.6 Å². The Balaban J connectivity index is 2.06. The molecule has 1 aliphatic heterocycles. The molecule has 0 radical (unpaired) electrons. The number of rotatable bonds is 4. The molecular formula is C17H20N4OS. The predicted molar refractivity (Wildman–Crippen MR) is 97.0 cm³/mol. The number of fused-ring (bicyclic) bond motifs is 1. The summed E-state index contributed by atoms with van der Waals surface area (Å²) in [5.74, 6) is -0.113. The summed E-state index contributed by atoms with van der Waals surface area (Å²) in [6, 6.07) is 8.10. The van der Waals surface area contributed by atoms with Crippen LogP contribution in [0.4, 0.5) is 5.69 Å². The van der Waals surface area contributed by atoms with Gasteiger partial charge in [-0.3, -0.25) is 9.78 Å². The van der Waals surface area contributed by atoms with Gasteiger partial charge in [-0.05, 0) is 43.7 Å². The summed E-state index contributed by atoms with van der Waals surface area (Å²) in [7, 11) is 0. The molecule has 1 aliphatic rings. The summed E-state index contributed by atoms with van der Waals surface area (Å²) in [6.45, 7) is 6.16. The molecular weight excluding hydrogens is 308 g/mol. The van der Waals surface area contributed by atoms with Crippen molar-refractivity contribution in [1.82, 2.24) is 10.3 Å². The van der Waals surface area contributed by atoms with Crippen molar-refractivity contribution in [2.75, 3.05) is 18.0 Å². The van der Waals surface area contributed by atoms with E-state index >= 15 is 0 Å². The van der Waals surface area contributed by atoms with Crippen molar-refractivity contribution in [2.24, 2.45) is 5.73 Å². The minimum Gasteiger partial charge on any atom is -0.371 e. The number of nitrogens with zero attached hydrogens (tertiary/aromatic N) is 2. The van der Waals surface area contributed by atoms with Crippen LogP contribution in [0.3, 0.4) is 0 Å². The summed E-state index contributed by atoms with van der Waals surface area (Å²) >= 11 is 1.35. The van der Waals surface area contributed by atoms with Gasteiger partial charge < -0.3 is 16.0 Å². The Morgan fingerprint density at radius 3 is 2.78 bits per heavy atom. The third-order valence-corrected chi connectivity index (χ3v) is 4.82. The normalized spacial score (nSPS) is 19.3. The highest BCUT2D eigenvalue weighted by atomic mass is 32.2. The Labute approximate surface area is 139 Å². The monoisotopic (exact) mass is 328 g/mol. The van der Waals surface area contributed by atoms with Gasteiger partial charge in [-0.25, -0.2) is 0 Å². The van der Waals surface area contributed by atoms with Crippen LogP contribution in [0.15, 0.2) is 35.4 Å². The van der Waals surface area contributed by atoms with Crippen LogP contribution in [0.25, 0.3) is 17.0 Å². The van der Waals surface area contributed by atoms with E-state index in [0.29, 0.717) is 4.91 Å². The number of pyridine rings is 1. The van der Waals surface area contributed by atoms with Crippen LogP contribution in [-0.2, 0) is 4.79 Å². The summed E-state index contributed by atoms with van der Waals surface area (Å²) < 4.78 is 0. The van der Waals surface area contributed by atoms with Gasteiger partial charge >= 0.3 is 0 Å². The molecule has 2 heterocycles. The largest absolute Gasteiger partial charge is 0.371 e. The lowest BCUT2D eigenvalue weighted by molar-refractivity contribution is -0.116. The highest BCUT2D eigenvalue weighted by molar-refractivity contribution is 8.05. The van der Waals surface area contributed by atoms with E-state index < -0.39 is 0 Å². The Morgan fingerprint density at radius 1 is 1.35 bits per heavy atom. The molecule has 0 saturated carbocycles. The summed E-state index contributed by atoms with van der Waals surface area (Å²) in [5, 5.41) is 3.78. The number of nitrogens with two attached hydrogens (primary N) is 1. The molecule has 3 rings (SSSR count). The number of anilines is 1. The maximum absolute atomic E-state index is 11.8. The first kappa shape index (κ1) is 15.8. The maximum atomic E-state index is 11.8. The van der Waals surface area contributed by atoms with Crippen LogP contribution in [0, 0.1) is 0 Å². The van der Waals surface area contributed by atoms with Gasteiger partial charge in [0.25, 0.3) is 5.91 Å². The summed E-state index contributed by atoms with van der Waals surface area (Å²) in [5.41, 5.74) is 8.47. The SMILES string of the molecule is CCN(CC)c1ccnc2ccc(/C=C3\SC(N)NC3=O)cc12. The van der Waals surface area contributed by atoms with Crippen molar-refractivity contribution >= 4 is 40.3 Å². The fourth-order valence-electron chi connectivity index (χ4n) is 2.75. The molecule has 1 fully saturated rings. The van der Waals surface area contributed by atoms with Crippen LogP contribution in [0.1, 0.15) is 19.4 Å². The van der Waals surface area contributed by atoms with Gasteiger partial charge in [-0.1, -0.05) is 17.8 Å². The van der Waals surface area contributed by atoms with E-state index in [4.69, 9.17) is 5.73 Å². The molecule has 3 N–H and O–H groups in total. The molecule has 1 saturated heterocycles. The lowest BCUT2D eigenvalue weighted by Crippen LogP contribution is -2.31. The zero-order valence-corrected chi connectivity index (χ0v) is 14.1. The second-order valence-electron chi connectivity index (χ2n) is 5.30. The van der Waals surface area contributed by atoms with E-state index in [1.54, 1.807) is 0 Å².